The zero-order valence-electron chi connectivity index (χ0n) is 17.1. The molecule has 0 amide bonds. The summed E-state index contributed by atoms with van der Waals surface area (Å²) in [5.74, 6) is 2.75. The molecule has 1 saturated heterocycles. The molecule has 150 valence electrons. The number of aromatic nitrogens is 3. The highest BCUT2D eigenvalue weighted by atomic mass is 16.5. The Balaban J connectivity index is 1.47. The molecule has 0 bridgehead atoms. The van der Waals surface area contributed by atoms with Crippen LogP contribution in [0.4, 0.5) is 5.82 Å². The number of para-hydroxylation sites is 1. The number of rotatable bonds is 6. The highest BCUT2D eigenvalue weighted by molar-refractivity contribution is 5.57. The summed E-state index contributed by atoms with van der Waals surface area (Å²) < 4.78 is 5.50. The lowest BCUT2D eigenvalue weighted by molar-refractivity contribution is 0.245. The van der Waals surface area contributed by atoms with Crippen LogP contribution in [0, 0.1) is 0 Å². The van der Waals surface area contributed by atoms with Crippen LogP contribution >= 0.6 is 0 Å². The normalized spacial score (nSPS) is 14.8. The minimum atomic E-state index is 0.776. The molecular formula is C23H27N5O. The predicted molar refractivity (Wildman–Crippen MR) is 115 cm³/mol. The van der Waals surface area contributed by atoms with Crippen LogP contribution in [0.5, 0.6) is 5.75 Å². The summed E-state index contributed by atoms with van der Waals surface area (Å²) in [4.78, 5) is 18.5. The largest absolute Gasteiger partial charge is 0.496 e. The van der Waals surface area contributed by atoms with Crippen molar-refractivity contribution in [1.82, 2.24) is 19.9 Å². The Bertz CT molecular complexity index is 939. The van der Waals surface area contributed by atoms with E-state index in [-0.39, 0.29) is 0 Å². The van der Waals surface area contributed by atoms with E-state index in [0.717, 1.165) is 67.8 Å². The number of anilines is 1. The fraction of sp³-hybridized carbons (Fsp3) is 0.348. The van der Waals surface area contributed by atoms with Crippen LogP contribution in [0.15, 0.2) is 54.9 Å². The molecule has 2 aromatic heterocycles. The lowest BCUT2D eigenvalue weighted by Crippen LogP contribution is -2.46. The van der Waals surface area contributed by atoms with E-state index in [2.05, 4.69) is 39.9 Å². The summed E-state index contributed by atoms with van der Waals surface area (Å²) in [5.41, 5.74) is 3.31. The quantitative estimate of drug-likeness (QED) is 0.644. The van der Waals surface area contributed by atoms with Crippen LogP contribution < -0.4 is 9.64 Å². The van der Waals surface area contributed by atoms with Gasteiger partial charge in [-0.2, -0.15) is 0 Å². The second-order valence-corrected chi connectivity index (χ2v) is 7.21. The van der Waals surface area contributed by atoms with Gasteiger partial charge in [0.1, 0.15) is 11.6 Å². The van der Waals surface area contributed by atoms with E-state index in [4.69, 9.17) is 14.7 Å². The second kappa shape index (κ2) is 9.01. The van der Waals surface area contributed by atoms with Gasteiger partial charge in [-0.15, -0.1) is 0 Å². The molecule has 0 saturated carbocycles. The molecule has 3 heterocycles. The van der Waals surface area contributed by atoms with Crippen molar-refractivity contribution in [3.63, 3.8) is 0 Å². The molecule has 0 aliphatic carbocycles. The van der Waals surface area contributed by atoms with Gasteiger partial charge in [0.05, 0.1) is 7.11 Å². The highest BCUT2D eigenvalue weighted by Crippen LogP contribution is 2.23. The fourth-order valence-corrected chi connectivity index (χ4v) is 3.67. The smallest absolute Gasteiger partial charge is 0.161 e. The third-order valence-electron chi connectivity index (χ3n) is 5.35. The zero-order valence-corrected chi connectivity index (χ0v) is 17.1. The molecule has 6 nitrogen and oxygen atoms in total. The third kappa shape index (κ3) is 4.54. The number of methoxy groups -OCH3 is 1. The SMILES string of the molecule is CCc1cc(N2CCN(Cc3ccccc3OC)CC2)nc(-c2ccncc2)n1. The van der Waals surface area contributed by atoms with E-state index in [0.29, 0.717) is 0 Å². The predicted octanol–water partition coefficient (Wildman–Crippen LogP) is 3.43. The maximum absolute atomic E-state index is 5.50. The molecular weight excluding hydrogens is 362 g/mol. The summed E-state index contributed by atoms with van der Waals surface area (Å²) in [5, 5.41) is 0. The number of nitrogens with zero attached hydrogens (tertiary/aromatic N) is 5. The van der Waals surface area contributed by atoms with E-state index >= 15 is 0 Å². The molecule has 0 spiro atoms. The van der Waals surface area contributed by atoms with Crippen molar-refractivity contribution in [1.29, 1.82) is 0 Å². The highest BCUT2D eigenvalue weighted by Gasteiger charge is 2.20. The molecule has 0 N–H and O–H groups in total. The van der Waals surface area contributed by atoms with Crippen molar-refractivity contribution >= 4 is 5.82 Å². The number of hydrogen-bond donors (Lipinski definition) is 0. The lowest BCUT2D eigenvalue weighted by atomic mass is 10.1. The summed E-state index contributed by atoms with van der Waals surface area (Å²) in [7, 11) is 1.73. The van der Waals surface area contributed by atoms with Gasteiger partial charge in [-0.25, -0.2) is 9.97 Å². The Morgan fingerprint density at radius 1 is 0.966 bits per heavy atom. The van der Waals surface area contributed by atoms with Crippen molar-refractivity contribution in [3.05, 3.63) is 66.1 Å². The minimum Gasteiger partial charge on any atom is -0.496 e. The molecule has 0 unspecified atom stereocenters. The van der Waals surface area contributed by atoms with Crippen molar-refractivity contribution in [2.24, 2.45) is 0 Å². The molecule has 29 heavy (non-hydrogen) atoms. The van der Waals surface area contributed by atoms with E-state index in [1.165, 1.54) is 5.56 Å². The van der Waals surface area contributed by atoms with E-state index < -0.39 is 0 Å². The number of piperazine rings is 1. The van der Waals surface area contributed by atoms with E-state index in [1.807, 2.05) is 24.3 Å². The third-order valence-corrected chi connectivity index (χ3v) is 5.35. The van der Waals surface area contributed by atoms with E-state index in [1.54, 1.807) is 19.5 Å². The van der Waals surface area contributed by atoms with Crippen LogP contribution in [0.2, 0.25) is 0 Å². The zero-order chi connectivity index (χ0) is 20.1. The average Bonchev–Trinajstić information content (AvgIpc) is 2.80. The van der Waals surface area contributed by atoms with Gasteiger partial charge in [0, 0.05) is 68.0 Å². The first-order valence-corrected chi connectivity index (χ1v) is 10.1. The monoisotopic (exact) mass is 389 g/mol. The first-order chi connectivity index (χ1) is 14.3. The number of benzene rings is 1. The molecule has 1 aliphatic heterocycles. The molecule has 1 fully saturated rings. The maximum Gasteiger partial charge on any atom is 0.161 e. The standard InChI is InChI=1S/C23H27N5O/c1-3-20-16-22(26-23(25-20)18-8-10-24-11-9-18)28-14-12-27(13-15-28)17-19-6-4-5-7-21(19)29-2/h4-11,16H,3,12-15,17H2,1-2H3. The molecule has 1 aromatic carbocycles. The summed E-state index contributed by atoms with van der Waals surface area (Å²) in [6, 6.07) is 14.3. The van der Waals surface area contributed by atoms with Gasteiger partial charge in [0.2, 0.25) is 0 Å². The average molecular weight is 390 g/mol. The Kier molecular flexibility index (Phi) is 6.00. The Hall–Kier alpha value is -2.99. The summed E-state index contributed by atoms with van der Waals surface area (Å²) in [6.07, 6.45) is 4.46. The van der Waals surface area contributed by atoms with Crippen LogP contribution in [-0.2, 0) is 13.0 Å². The molecule has 1 aliphatic rings. The number of hydrogen-bond acceptors (Lipinski definition) is 6. The van der Waals surface area contributed by atoms with Crippen molar-refractivity contribution in [3.8, 4) is 17.1 Å². The Morgan fingerprint density at radius 3 is 2.45 bits per heavy atom. The Labute approximate surface area is 172 Å². The van der Waals surface area contributed by atoms with Gasteiger partial charge < -0.3 is 9.64 Å². The second-order valence-electron chi connectivity index (χ2n) is 7.21. The van der Waals surface area contributed by atoms with Gasteiger partial charge in [-0.1, -0.05) is 25.1 Å². The van der Waals surface area contributed by atoms with Gasteiger partial charge in [-0.3, -0.25) is 9.88 Å². The van der Waals surface area contributed by atoms with Gasteiger partial charge in [0.15, 0.2) is 5.82 Å². The van der Waals surface area contributed by atoms with Crippen LogP contribution in [0.3, 0.4) is 0 Å². The van der Waals surface area contributed by atoms with Crippen molar-refractivity contribution in [2.45, 2.75) is 19.9 Å². The molecule has 0 radical (unpaired) electrons. The van der Waals surface area contributed by atoms with E-state index in [9.17, 15) is 0 Å². The van der Waals surface area contributed by atoms with Crippen LogP contribution in [-0.4, -0.2) is 53.1 Å². The van der Waals surface area contributed by atoms with Crippen LogP contribution in [0.25, 0.3) is 11.4 Å². The summed E-state index contributed by atoms with van der Waals surface area (Å²) in [6.45, 7) is 6.93. The topological polar surface area (TPSA) is 54.4 Å². The molecule has 4 rings (SSSR count). The first kappa shape index (κ1) is 19.3. The van der Waals surface area contributed by atoms with Crippen LogP contribution in [0.1, 0.15) is 18.2 Å². The minimum absolute atomic E-state index is 0.776. The number of ether oxygens (including phenoxy) is 1. The molecule has 0 atom stereocenters. The number of pyridine rings is 1. The summed E-state index contributed by atoms with van der Waals surface area (Å²) >= 11 is 0. The maximum atomic E-state index is 5.50. The fourth-order valence-electron chi connectivity index (χ4n) is 3.67. The Morgan fingerprint density at radius 2 is 1.72 bits per heavy atom. The van der Waals surface area contributed by atoms with Gasteiger partial charge in [0.25, 0.3) is 0 Å². The lowest BCUT2D eigenvalue weighted by Gasteiger charge is -2.35. The van der Waals surface area contributed by atoms with Gasteiger partial charge in [-0.05, 0) is 24.6 Å². The first-order valence-electron chi connectivity index (χ1n) is 10.1. The number of aryl methyl sites for hydroxylation is 1. The van der Waals surface area contributed by atoms with Crippen molar-refractivity contribution in [2.75, 3.05) is 38.2 Å². The molecule has 6 heteroatoms. The van der Waals surface area contributed by atoms with Gasteiger partial charge >= 0.3 is 0 Å². The molecule has 3 aromatic rings. The van der Waals surface area contributed by atoms with Crippen molar-refractivity contribution < 1.29 is 4.74 Å².